The van der Waals surface area contributed by atoms with E-state index in [1.54, 1.807) is 4.90 Å². The molecule has 10 nitrogen and oxygen atoms in total. The van der Waals surface area contributed by atoms with E-state index in [9.17, 15) is 32.7 Å². The number of carboxylic acid groups (broad SMARTS) is 1. The zero-order chi connectivity index (χ0) is 26.5. The van der Waals surface area contributed by atoms with Gasteiger partial charge in [-0.15, -0.1) is 11.8 Å². The number of hydrogen-bond acceptors (Lipinski definition) is 8. The van der Waals surface area contributed by atoms with Crippen LogP contribution in [-0.4, -0.2) is 95.9 Å². The quantitative estimate of drug-likeness (QED) is 0.404. The topological polar surface area (TPSA) is 141 Å². The number of likely N-dealkylation sites (tertiary alicyclic amines) is 1. The van der Waals surface area contributed by atoms with E-state index in [1.165, 1.54) is 29.8 Å². The molecule has 2 N–H and O–H groups in total. The zero-order valence-electron chi connectivity index (χ0n) is 21.1. The zero-order valence-corrected chi connectivity index (χ0v) is 22.7. The summed E-state index contributed by atoms with van der Waals surface area (Å²) in [5.41, 5.74) is 0.0340. The lowest BCUT2D eigenvalue weighted by Gasteiger charge is -2.47. The first-order chi connectivity index (χ1) is 16.8. The predicted molar refractivity (Wildman–Crippen MR) is 135 cm³/mol. The number of Topliss-reactive ketones (excluding diaryl/α,β-unsaturated/α-hetero) is 1. The summed E-state index contributed by atoms with van der Waals surface area (Å²) < 4.78 is 23.2. The second kappa shape index (κ2) is 10.1. The second-order valence-electron chi connectivity index (χ2n) is 10.9. The van der Waals surface area contributed by atoms with Crippen molar-refractivity contribution in [1.82, 2.24) is 15.1 Å². The van der Waals surface area contributed by atoms with E-state index in [-0.39, 0.29) is 70.4 Å². The van der Waals surface area contributed by atoms with E-state index in [1.807, 2.05) is 13.8 Å². The summed E-state index contributed by atoms with van der Waals surface area (Å²) in [4.78, 5) is 53.5. The van der Waals surface area contributed by atoms with Gasteiger partial charge in [-0.1, -0.05) is 13.8 Å². The van der Waals surface area contributed by atoms with Crippen molar-refractivity contribution >= 4 is 45.2 Å². The number of ketones is 1. The van der Waals surface area contributed by atoms with Crippen molar-refractivity contribution in [2.75, 3.05) is 31.6 Å². The fourth-order valence-electron chi connectivity index (χ4n) is 6.33. The molecule has 4 heterocycles. The van der Waals surface area contributed by atoms with E-state index < -0.39 is 21.8 Å². The summed E-state index contributed by atoms with van der Waals surface area (Å²) in [5.74, 6) is -2.05. The number of nitrogens with one attached hydrogen (secondary N) is 1. The molecule has 0 aliphatic carbocycles. The lowest BCUT2D eigenvalue weighted by atomic mass is 9.73. The molecule has 0 aromatic carbocycles. The van der Waals surface area contributed by atoms with E-state index in [2.05, 4.69) is 5.32 Å². The van der Waals surface area contributed by atoms with Gasteiger partial charge in [0.2, 0.25) is 11.8 Å². The van der Waals surface area contributed by atoms with Gasteiger partial charge in [0, 0.05) is 48.4 Å². The first-order valence-electron chi connectivity index (χ1n) is 12.4. The van der Waals surface area contributed by atoms with E-state index in [0.29, 0.717) is 37.4 Å². The molecule has 4 rings (SSSR count). The Balaban J connectivity index is 1.40. The maximum atomic E-state index is 13.1. The molecular formula is C24H35N3O7S2. The van der Waals surface area contributed by atoms with Crippen LogP contribution in [-0.2, 0) is 29.0 Å². The molecule has 3 fully saturated rings. The molecule has 4 aliphatic heterocycles. The van der Waals surface area contributed by atoms with Crippen LogP contribution >= 0.6 is 11.8 Å². The third kappa shape index (κ3) is 5.22. The van der Waals surface area contributed by atoms with Crippen molar-refractivity contribution in [2.45, 2.75) is 57.4 Å². The third-order valence-electron chi connectivity index (χ3n) is 7.83. The Bertz CT molecular complexity index is 1100. The Labute approximate surface area is 216 Å². The number of carbonyl (C=O) groups is 4. The van der Waals surface area contributed by atoms with Gasteiger partial charge in [0.05, 0.1) is 23.8 Å². The molecule has 7 atom stereocenters. The normalized spacial score (nSPS) is 33.1. The van der Waals surface area contributed by atoms with Crippen LogP contribution in [0.5, 0.6) is 0 Å². The molecule has 200 valence electrons. The van der Waals surface area contributed by atoms with Crippen molar-refractivity contribution < 1.29 is 32.7 Å². The highest BCUT2D eigenvalue weighted by atomic mass is 32.2. The minimum Gasteiger partial charge on any atom is -0.477 e. The van der Waals surface area contributed by atoms with Gasteiger partial charge in [0.25, 0.3) is 0 Å². The Hall–Kier alpha value is -1.92. The monoisotopic (exact) mass is 541 g/mol. The maximum absolute atomic E-state index is 13.1. The molecule has 2 amide bonds. The fourth-order valence-corrected chi connectivity index (χ4v) is 8.93. The molecule has 0 saturated carbocycles. The average molecular weight is 542 g/mol. The minimum atomic E-state index is -3.09. The summed E-state index contributed by atoms with van der Waals surface area (Å²) in [6, 6.07) is -0.657. The third-order valence-corrected chi connectivity index (χ3v) is 10.4. The molecule has 0 spiro atoms. The molecule has 36 heavy (non-hydrogen) atoms. The molecule has 0 aromatic heterocycles. The summed E-state index contributed by atoms with van der Waals surface area (Å²) in [6.07, 6.45) is 2.70. The molecule has 0 radical (unpaired) electrons. The van der Waals surface area contributed by atoms with Crippen LogP contribution in [0, 0.1) is 23.7 Å². The average Bonchev–Trinajstić information content (AvgIpc) is 3.45. The van der Waals surface area contributed by atoms with Crippen molar-refractivity contribution in [3.05, 3.63) is 10.6 Å². The molecule has 0 aromatic rings. The standard InChI is InChI=1S/C24H35N3O7S2/c1-12(7-13(2)28)18-19-14(3)21(20(24(31)32)27(19)23(18)30)35-16-8-17(25-9-16)22(29)26-6-5-15(10-26)11-36(4,33)34/h12,14-19,25H,5-11H2,1-4H3,(H,31,32)/t12-,14+,15-,16?,17?,18+,19+/m0/s1. The fraction of sp³-hybridized carbons (Fsp3) is 0.750. The van der Waals surface area contributed by atoms with Crippen LogP contribution in [0.2, 0.25) is 0 Å². The highest BCUT2D eigenvalue weighted by molar-refractivity contribution is 8.03. The van der Waals surface area contributed by atoms with Gasteiger partial charge in [-0.25, -0.2) is 13.2 Å². The Morgan fingerprint density at radius 1 is 1.28 bits per heavy atom. The number of sulfone groups is 1. The van der Waals surface area contributed by atoms with Gasteiger partial charge in [-0.2, -0.15) is 0 Å². The first kappa shape index (κ1) is 27.1. The SMILES string of the molecule is CC(=O)C[C@H](C)[C@H]1C(=O)N2C(C(=O)O)=C(SC3CNC(C(=O)N4CC[C@H](CS(C)(=O)=O)C4)C3)[C@H](C)[C@H]12. The van der Waals surface area contributed by atoms with Crippen LogP contribution in [0.3, 0.4) is 0 Å². The number of rotatable bonds is 9. The summed E-state index contributed by atoms with van der Waals surface area (Å²) in [7, 11) is -3.09. The van der Waals surface area contributed by atoms with Crippen LogP contribution in [0.15, 0.2) is 10.6 Å². The summed E-state index contributed by atoms with van der Waals surface area (Å²) in [6.45, 7) is 6.82. The van der Waals surface area contributed by atoms with Gasteiger partial charge in [-0.3, -0.25) is 9.59 Å². The van der Waals surface area contributed by atoms with Gasteiger partial charge in [-0.05, 0) is 31.6 Å². The number of carbonyl (C=O) groups excluding carboxylic acids is 3. The predicted octanol–water partition coefficient (Wildman–Crippen LogP) is 0.731. The summed E-state index contributed by atoms with van der Waals surface area (Å²) >= 11 is 1.43. The summed E-state index contributed by atoms with van der Waals surface area (Å²) in [5, 5.41) is 13.2. The van der Waals surface area contributed by atoms with Gasteiger partial charge in [0.15, 0.2) is 0 Å². The van der Waals surface area contributed by atoms with E-state index >= 15 is 0 Å². The number of amides is 2. The Kier molecular flexibility index (Phi) is 7.60. The van der Waals surface area contributed by atoms with Crippen molar-refractivity contribution in [3.8, 4) is 0 Å². The largest absolute Gasteiger partial charge is 0.477 e. The molecule has 0 bridgehead atoms. The smallest absolute Gasteiger partial charge is 0.353 e. The van der Waals surface area contributed by atoms with Crippen molar-refractivity contribution in [2.24, 2.45) is 23.7 Å². The molecular weight excluding hydrogens is 506 g/mol. The highest BCUT2D eigenvalue weighted by Crippen LogP contribution is 2.53. The van der Waals surface area contributed by atoms with Gasteiger partial charge >= 0.3 is 5.97 Å². The number of thioether (sulfide) groups is 1. The number of nitrogens with zero attached hydrogens (tertiary/aromatic N) is 2. The van der Waals surface area contributed by atoms with Crippen LogP contribution in [0.25, 0.3) is 0 Å². The number of hydrogen-bond donors (Lipinski definition) is 2. The molecule has 12 heteroatoms. The number of aliphatic carboxylic acids is 1. The van der Waals surface area contributed by atoms with Crippen LogP contribution in [0.1, 0.15) is 40.0 Å². The number of β-lactam (4-membered cyclic amide) rings is 1. The van der Waals surface area contributed by atoms with E-state index in [0.717, 1.165) is 0 Å². The van der Waals surface area contributed by atoms with E-state index in [4.69, 9.17) is 0 Å². The minimum absolute atomic E-state index is 0.00814. The van der Waals surface area contributed by atoms with Crippen molar-refractivity contribution in [3.63, 3.8) is 0 Å². The van der Waals surface area contributed by atoms with Gasteiger partial charge < -0.3 is 25.0 Å². The molecule has 4 aliphatic rings. The lowest BCUT2D eigenvalue weighted by molar-refractivity contribution is -0.160. The molecule has 2 unspecified atom stereocenters. The lowest BCUT2D eigenvalue weighted by Crippen LogP contribution is -2.62. The second-order valence-corrected chi connectivity index (χ2v) is 14.4. The van der Waals surface area contributed by atoms with Gasteiger partial charge in [0.1, 0.15) is 21.3 Å². The van der Waals surface area contributed by atoms with Crippen LogP contribution in [0.4, 0.5) is 0 Å². The first-order valence-corrected chi connectivity index (χ1v) is 15.4. The van der Waals surface area contributed by atoms with Crippen molar-refractivity contribution in [1.29, 1.82) is 0 Å². The number of carboxylic acids is 1. The van der Waals surface area contributed by atoms with Crippen LogP contribution < -0.4 is 5.32 Å². The number of fused-ring (bicyclic) bond motifs is 1. The molecule has 3 saturated heterocycles. The Morgan fingerprint density at radius 3 is 2.58 bits per heavy atom. The maximum Gasteiger partial charge on any atom is 0.353 e. The highest BCUT2D eigenvalue weighted by Gasteiger charge is 2.60. The Morgan fingerprint density at radius 2 is 1.97 bits per heavy atom.